The van der Waals surface area contributed by atoms with Gasteiger partial charge in [0.2, 0.25) is 0 Å². The predicted octanol–water partition coefficient (Wildman–Crippen LogP) is -0.673. The maximum atomic E-state index is 10.8. The number of benzene rings is 1. The maximum absolute atomic E-state index is 10.8. The summed E-state index contributed by atoms with van der Waals surface area (Å²) in [6.07, 6.45) is -6.73. The highest BCUT2D eigenvalue weighted by molar-refractivity contribution is 7.46. The average molecular weight is 350 g/mol. The highest BCUT2D eigenvalue weighted by Gasteiger charge is 2.44. The van der Waals surface area contributed by atoms with E-state index in [1.54, 1.807) is 24.3 Å². The lowest BCUT2D eigenvalue weighted by atomic mass is 9.91. The van der Waals surface area contributed by atoms with E-state index in [1.165, 1.54) is 7.11 Å². The molecule has 130 valence electrons. The van der Waals surface area contributed by atoms with Crippen molar-refractivity contribution in [1.29, 1.82) is 0 Å². The van der Waals surface area contributed by atoms with Crippen LogP contribution >= 0.6 is 7.82 Å². The molecule has 5 atom stereocenters. The third kappa shape index (κ3) is 4.50. The maximum Gasteiger partial charge on any atom is 0.469 e. The molecule has 5 unspecified atom stereocenters. The van der Waals surface area contributed by atoms with Crippen LogP contribution in [0.2, 0.25) is 0 Å². The Hall–Kier alpha value is -1.03. The molecule has 9 nitrogen and oxygen atoms in total. The van der Waals surface area contributed by atoms with Gasteiger partial charge >= 0.3 is 7.82 Å². The number of hydrogen-bond donors (Lipinski definition) is 5. The SMILES string of the molecule is COc1ccc(C2OC(COP(=O)(O)O)C(O)C(O)C2O)cc1. The molecule has 0 aliphatic carbocycles. The van der Waals surface area contributed by atoms with Gasteiger partial charge in [-0.3, -0.25) is 4.52 Å². The van der Waals surface area contributed by atoms with Gasteiger partial charge in [-0.1, -0.05) is 12.1 Å². The summed E-state index contributed by atoms with van der Waals surface area (Å²) >= 11 is 0. The highest BCUT2D eigenvalue weighted by Crippen LogP contribution is 2.38. The molecule has 1 saturated heterocycles. The van der Waals surface area contributed by atoms with Gasteiger partial charge in [-0.05, 0) is 17.7 Å². The van der Waals surface area contributed by atoms with E-state index in [4.69, 9.17) is 19.3 Å². The number of aliphatic hydroxyl groups excluding tert-OH is 3. The summed E-state index contributed by atoms with van der Waals surface area (Å²) < 4.78 is 25.6. The van der Waals surface area contributed by atoms with Crippen molar-refractivity contribution in [2.24, 2.45) is 0 Å². The minimum Gasteiger partial charge on any atom is -0.497 e. The summed E-state index contributed by atoms with van der Waals surface area (Å²) in [5.74, 6) is 0.584. The Bertz CT molecular complexity index is 557. The fourth-order valence-corrected chi connectivity index (χ4v) is 2.67. The molecule has 5 N–H and O–H groups in total. The quantitative estimate of drug-likeness (QED) is 0.436. The van der Waals surface area contributed by atoms with Crippen LogP contribution < -0.4 is 4.74 Å². The summed E-state index contributed by atoms with van der Waals surface area (Å²) in [7, 11) is -3.25. The van der Waals surface area contributed by atoms with Gasteiger partial charge < -0.3 is 34.6 Å². The fourth-order valence-electron chi connectivity index (χ4n) is 2.33. The summed E-state index contributed by atoms with van der Waals surface area (Å²) in [6, 6.07) is 6.48. The second kappa shape index (κ2) is 7.25. The molecule has 1 fully saturated rings. The Morgan fingerprint density at radius 1 is 1.09 bits per heavy atom. The molecule has 0 amide bonds. The van der Waals surface area contributed by atoms with Crippen LogP contribution in [0.1, 0.15) is 11.7 Å². The number of phosphoric acid groups is 1. The zero-order valence-corrected chi connectivity index (χ0v) is 13.1. The lowest BCUT2D eigenvalue weighted by Gasteiger charge is -2.40. The molecular weight excluding hydrogens is 331 g/mol. The molecule has 0 spiro atoms. The van der Waals surface area contributed by atoms with Crippen LogP contribution in [0, 0.1) is 0 Å². The van der Waals surface area contributed by atoms with Crippen molar-refractivity contribution in [3.8, 4) is 5.75 Å². The largest absolute Gasteiger partial charge is 0.497 e. The lowest BCUT2D eigenvalue weighted by molar-refractivity contribution is -0.230. The highest BCUT2D eigenvalue weighted by atomic mass is 31.2. The van der Waals surface area contributed by atoms with Crippen LogP contribution in [-0.2, 0) is 13.8 Å². The van der Waals surface area contributed by atoms with Crippen LogP contribution in [0.5, 0.6) is 5.75 Å². The van der Waals surface area contributed by atoms with Gasteiger partial charge in [0.1, 0.15) is 36.3 Å². The zero-order chi connectivity index (χ0) is 17.2. The van der Waals surface area contributed by atoms with Crippen molar-refractivity contribution in [2.45, 2.75) is 30.5 Å². The minimum absolute atomic E-state index is 0.505. The molecule has 0 saturated carbocycles. The van der Waals surface area contributed by atoms with Crippen LogP contribution in [0.25, 0.3) is 0 Å². The first kappa shape index (κ1) is 18.3. The molecule has 1 heterocycles. The second-order valence-corrected chi connectivity index (χ2v) is 6.37. The molecule has 0 aromatic heterocycles. The first-order valence-corrected chi connectivity index (χ1v) is 8.29. The number of ether oxygens (including phenoxy) is 2. The molecule has 0 bridgehead atoms. The van der Waals surface area contributed by atoms with Crippen molar-refractivity contribution in [3.63, 3.8) is 0 Å². The predicted molar refractivity (Wildman–Crippen MR) is 76.6 cm³/mol. The van der Waals surface area contributed by atoms with E-state index in [0.29, 0.717) is 11.3 Å². The number of hydrogen-bond acceptors (Lipinski definition) is 7. The number of rotatable bonds is 5. The first-order chi connectivity index (χ1) is 10.7. The van der Waals surface area contributed by atoms with Gasteiger partial charge in [0, 0.05) is 0 Å². The Balaban J connectivity index is 2.16. The van der Waals surface area contributed by atoms with Gasteiger partial charge in [-0.2, -0.15) is 0 Å². The van der Waals surface area contributed by atoms with E-state index in [2.05, 4.69) is 4.52 Å². The molecule has 10 heteroatoms. The molecule has 1 aromatic rings. The fraction of sp³-hybridized carbons (Fsp3) is 0.538. The summed E-state index contributed by atoms with van der Waals surface area (Å²) in [6.45, 7) is -0.637. The van der Waals surface area contributed by atoms with E-state index in [0.717, 1.165) is 0 Å². The number of methoxy groups -OCH3 is 1. The van der Waals surface area contributed by atoms with E-state index in [1.807, 2.05) is 0 Å². The van der Waals surface area contributed by atoms with E-state index in [9.17, 15) is 19.9 Å². The van der Waals surface area contributed by atoms with E-state index >= 15 is 0 Å². The average Bonchev–Trinajstić information content (AvgIpc) is 2.51. The smallest absolute Gasteiger partial charge is 0.469 e. The van der Waals surface area contributed by atoms with Crippen LogP contribution in [-0.4, -0.2) is 63.2 Å². The molecule has 1 aromatic carbocycles. The summed E-state index contributed by atoms with van der Waals surface area (Å²) in [5, 5.41) is 29.9. The monoisotopic (exact) mass is 350 g/mol. The van der Waals surface area contributed by atoms with Crippen molar-refractivity contribution in [1.82, 2.24) is 0 Å². The van der Waals surface area contributed by atoms with Crippen molar-refractivity contribution >= 4 is 7.82 Å². The van der Waals surface area contributed by atoms with Gasteiger partial charge in [0.05, 0.1) is 13.7 Å². The van der Waals surface area contributed by atoms with Gasteiger partial charge in [0.15, 0.2) is 0 Å². The number of aliphatic hydroxyl groups is 3. The zero-order valence-electron chi connectivity index (χ0n) is 12.2. The minimum atomic E-state index is -4.75. The van der Waals surface area contributed by atoms with Crippen LogP contribution in [0.15, 0.2) is 24.3 Å². The number of phosphoric ester groups is 1. The van der Waals surface area contributed by atoms with Crippen molar-refractivity contribution in [2.75, 3.05) is 13.7 Å². The van der Waals surface area contributed by atoms with E-state index in [-0.39, 0.29) is 0 Å². The third-order valence-electron chi connectivity index (χ3n) is 3.56. The molecule has 0 radical (unpaired) electrons. The van der Waals surface area contributed by atoms with Gasteiger partial charge in [-0.15, -0.1) is 0 Å². The van der Waals surface area contributed by atoms with Gasteiger partial charge in [-0.25, -0.2) is 4.57 Å². The Morgan fingerprint density at radius 2 is 1.70 bits per heavy atom. The molecule has 1 aliphatic rings. The van der Waals surface area contributed by atoms with Crippen LogP contribution in [0.3, 0.4) is 0 Å². The topological polar surface area (TPSA) is 146 Å². The van der Waals surface area contributed by atoms with Crippen molar-refractivity contribution < 1.29 is 43.7 Å². The Kier molecular flexibility index (Phi) is 5.77. The molecule has 2 rings (SSSR count). The molecule has 1 aliphatic heterocycles. The molecular formula is C13H19O9P. The normalized spacial score (nSPS) is 31.8. The standard InChI is InChI=1S/C13H19O9P/c1-20-8-4-2-7(3-5-8)13-12(16)11(15)10(14)9(22-13)6-21-23(17,18)19/h2-5,9-16H,6H2,1H3,(H2,17,18,19). The summed E-state index contributed by atoms with van der Waals surface area (Å²) in [5.41, 5.74) is 0.505. The molecule has 23 heavy (non-hydrogen) atoms. The van der Waals surface area contributed by atoms with Crippen molar-refractivity contribution in [3.05, 3.63) is 29.8 Å². The summed E-state index contributed by atoms with van der Waals surface area (Å²) in [4.78, 5) is 17.4. The first-order valence-electron chi connectivity index (χ1n) is 6.76. The second-order valence-electron chi connectivity index (χ2n) is 5.13. The van der Waals surface area contributed by atoms with Gasteiger partial charge in [0.25, 0.3) is 0 Å². The van der Waals surface area contributed by atoms with Crippen LogP contribution in [0.4, 0.5) is 0 Å². The third-order valence-corrected chi connectivity index (χ3v) is 4.05. The van der Waals surface area contributed by atoms with E-state index < -0.39 is 44.9 Å². The Labute approximate surface area is 132 Å². The lowest BCUT2D eigenvalue weighted by Crippen LogP contribution is -2.55. The Morgan fingerprint density at radius 3 is 2.22 bits per heavy atom.